The van der Waals surface area contributed by atoms with Crippen molar-refractivity contribution in [3.8, 4) is 0 Å². The predicted molar refractivity (Wildman–Crippen MR) is 75.7 cm³/mol. The van der Waals surface area contributed by atoms with Crippen molar-refractivity contribution in [3.05, 3.63) is 23.3 Å². The second-order valence-electron chi connectivity index (χ2n) is 5.34. The summed E-state index contributed by atoms with van der Waals surface area (Å²) in [5, 5.41) is 0. The molecule has 1 rings (SSSR count). The Hall–Kier alpha value is -0.520. The Kier molecular flexibility index (Phi) is 7.45. The average Bonchev–Trinajstić information content (AvgIpc) is 2.26. The maximum atomic E-state index is 2.38. The average molecular weight is 222 g/mol. The van der Waals surface area contributed by atoms with Gasteiger partial charge < -0.3 is 0 Å². The normalized spacial score (nSPS) is 19.6. The van der Waals surface area contributed by atoms with Gasteiger partial charge in [0.1, 0.15) is 0 Å². The van der Waals surface area contributed by atoms with Gasteiger partial charge in [0, 0.05) is 0 Å². The van der Waals surface area contributed by atoms with Crippen molar-refractivity contribution < 1.29 is 0 Å². The fourth-order valence-corrected chi connectivity index (χ4v) is 2.03. The van der Waals surface area contributed by atoms with Gasteiger partial charge in [0.2, 0.25) is 0 Å². The van der Waals surface area contributed by atoms with E-state index in [9.17, 15) is 0 Å². The third-order valence-electron chi connectivity index (χ3n) is 3.17. The lowest BCUT2D eigenvalue weighted by molar-refractivity contribution is 0.317. The van der Waals surface area contributed by atoms with Crippen molar-refractivity contribution in [2.45, 2.75) is 73.6 Å². The molecule has 1 aliphatic rings. The Bertz CT molecular complexity index is 241. The molecule has 0 aliphatic heterocycles. The molecule has 0 heterocycles. The number of unbranched alkanes of at least 4 members (excludes halogenated alkanes) is 1. The van der Waals surface area contributed by atoms with E-state index in [1.807, 2.05) is 13.8 Å². The van der Waals surface area contributed by atoms with Gasteiger partial charge in [-0.2, -0.15) is 0 Å². The maximum absolute atomic E-state index is 2.38. The summed E-state index contributed by atoms with van der Waals surface area (Å²) in [5.74, 6) is 0. The van der Waals surface area contributed by atoms with Crippen LogP contribution in [0.15, 0.2) is 23.3 Å². The third-order valence-corrected chi connectivity index (χ3v) is 3.17. The van der Waals surface area contributed by atoms with Crippen LogP contribution in [-0.2, 0) is 0 Å². The first-order valence-electron chi connectivity index (χ1n) is 6.90. The molecule has 0 fully saturated rings. The van der Waals surface area contributed by atoms with E-state index in [2.05, 4.69) is 39.8 Å². The van der Waals surface area contributed by atoms with E-state index in [0.29, 0.717) is 5.41 Å². The van der Waals surface area contributed by atoms with Crippen LogP contribution in [0.4, 0.5) is 0 Å². The summed E-state index contributed by atoms with van der Waals surface area (Å²) in [6.45, 7) is 13.3. The monoisotopic (exact) mass is 222 g/mol. The summed E-state index contributed by atoms with van der Waals surface area (Å²) in [4.78, 5) is 0. The molecular weight excluding hydrogens is 192 g/mol. The molecular formula is C16H30. The number of rotatable bonds is 3. The highest BCUT2D eigenvalue weighted by atomic mass is 14.3. The molecule has 0 saturated heterocycles. The molecule has 0 saturated carbocycles. The predicted octanol–water partition coefficient (Wildman–Crippen LogP) is 5.90. The fourth-order valence-electron chi connectivity index (χ4n) is 2.03. The lowest BCUT2D eigenvalue weighted by Gasteiger charge is -2.31. The van der Waals surface area contributed by atoms with E-state index in [4.69, 9.17) is 0 Å². The Morgan fingerprint density at radius 3 is 2.44 bits per heavy atom. The molecule has 0 amide bonds. The van der Waals surface area contributed by atoms with Gasteiger partial charge in [-0.3, -0.25) is 0 Å². The minimum absolute atomic E-state index is 0.519. The second kappa shape index (κ2) is 7.70. The lowest BCUT2D eigenvalue weighted by Crippen LogP contribution is -2.17. The first kappa shape index (κ1) is 15.5. The molecule has 0 aromatic rings. The fraction of sp³-hybridized carbons (Fsp3) is 0.750. The van der Waals surface area contributed by atoms with E-state index in [-0.39, 0.29) is 0 Å². The number of hydrogen-bond donors (Lipinski definition) is 0. The zero-order valence-electron chi connectivity index (χ0n) is 12.2. The van der Waals surface area contributed by atoms with E-state index in [1.165, 1.54) is 32.1 Å². The Morgan fingerprint density at radius 2 is 1.88 bits per heavy atom. The van der Waals surface area contributed by atoms with Crippen molar-refractivity contribution in [1.82, 2.24) is 0 Å². The zero-order valence-corrected chi connectivity index (χ0v) is 12.2. The molecule has 16 heavy (non-hydrogen) atoms. The minimum Gasteiger partial charge on any atom is -0.0843 e. The maximum Gasteiger partial charge on any atom is -0.0228 e. The van der Waals surface area contributed by atoms with E-state index >= 15 is 0 Å². The molecule has 0 atom stereocenters. The van der Waals surface area contributed by atoms with E-state index in [0.717, 1.165) is 0 Å². The molecule has 0 bridgehead atoms. The van der Waals surface area contributed by atoms with Crippen molar-refractivity contribution in [2.24, 2.45) is 5.41 Å². The molecule has 0 aromatic heterocycles. The van der Waals surface area contributed by atoms with Crippen LogP contribution in [0.5, 0.6) is 0 Å². The summed E-state index contributed by atoms with van der Waals surface area (Å²) >= 11 is 0. The van der Waals surface area contributed by atoms with Crippen LogP contribution >= 0.6 is 0 Å². The molecule has 0 aromatic carbocycles. The quantitative estimate of drug-likeness (QED) is 0.558. The van der Waals surface area contributed by atoms with Crippen LogP contribution in [0.25, 0.3) is 0 Å². The number of allylic oxidation sites excluding steroid dienone is 4. The molecule has 0 heteroatoms. The Balaban J connectivity index is 0.00000106. The van der Waals surface area contributed by atoms with Crippen molar-refractivity contribution in [2.75, 3.05) is 0 Å². The van der Waals surface area contributed by atoms with Gasteiger partial charge >= 0.3 is 0 Å². The summed E-state index contributed by atoms with van der Waals surface area (Å²) in [6, 6.07) is 0. The molecule has 1 aliphatic carbocycles. The van der Waals surface area contributed by atoms with Crippen LogP contribution in [-0.4, -0.2) is 0 Å². The Labute approximate surface area is 103 Å². The van der Waals surface area contributed by atoms with Crippen molar-refractivity contribution in [3.63, 3.8) is 0 Å². The highest BCUT2D eigenvalue weighted by molar-refractivity contribution is 5.28. The smallest absolute Gasteiger partial charge is 0.0228 e. The zero-order chi connectivity index (χ0) is 12.6. The number of hydrogen-bond acceptors (Lipinski definition) is 0. The summed E-state index contributed by atoms with van der Waals surface area (Å²) in [5.41, 5.74) is 3.72. The highest BCUT2D eigenvalue weighted by Gasteiger charge is 2.23. The van der Waals surface area contributed by atoms with Gasteiger partial charge in [-0.15, -0.1) is 0 Å². The van der Waals surface area contributed by atoms with Crippen LogP contribution in [0.3, 0.4) is 0 Å². The van der Waals surface area contributed by atoms with Gasteiger partial charge in [-0.05, 0) is 43.6 Å². The molecule has 0 spiro atoms. The molecule has 0 unspecified atom stereocenters. The Morgan fingerprint density at radius 1 is 1.25 bits per heavy atom. The first-order chi connectivity index (χ1) is 7.55. The topological polar surface area (TPSA) is 0 Å². The van der Waals surface area contributed by atoms with Crippen LogP contribution in [0.1, 0.15) is 73.6 Å². The third kappa shape index (κ3) is 5.53. The van der Waals surface area contributed by atoms with Gasteiger partial charge in [-0.1, -0.05) is 58.8 Å². The molecule has 0 nitrogen and oxygen atoms in total. The second-order valence-corrected chi connectivity index (χ2v) is 5.34. The van der Waals surface area contributed by atoms with Gasteiger partial charge in [0.15, 0.2) is 0 Å². The van der Waals surface area contributed by atoms with Crippen molar-refractivity contribution in [1.29, 1.82) is 0 Å². The van der Waals surface area contributed by atoms with Gasteiger partial charge in [0.05, 0.1) is 0 Å². The van der Waals surface area contributed by atoms with Crippen LogP contribution < -0.4 is 0 Å². The minimum atomic E-state index is 0.519. The highest BCUT2D eigenvalue weighted by Crippen LogP contribution is 2.38. The van der Waals surface area contributed by atoms with E-state index in [1.54, 1.807) is 11.1 Å². The lowest BCUT2D eigenvalue weighted by atomic mass is 9.74. The summed E-state index contributed by atoms with van der Waals surface area (Å²) < 4.78 is 0. The van der Waals surface area contributed by atoms with Gasteiger partial charge in [-0.25, -0.2) is 0 Å². The molecule has 0 N–H and O–H groups in total. The summed E-state index contributed by atoms with van der Waals surface area (Å²) in [7, 11) is 0. The standard InChI is InChI=1S/C14H24.C2H6/c1-5-6-7-8-13-11-14(3,4)10-9-12(13)2;1-2/h7-8H,5-6,9-11H2,1-4H3;1-2H3/b8-7-;. The van der Waals surface area contributed by atoms with Crippen molar-refractivity contribution >= 4 is 0 Å². The molecule has 94 valence electrons. The largest absolute Gasteiger partial charge is 0.0843 e. The van der Waals surface area contributed by atoms with Crippen LogP contribution in [0, 0.1) is 5.41 Å². The van der Waals surface area contributed by atoms with Gasteiger partial charge in [0.25, 0.3) is 0 Å². The SMILES string of the molecule is CC.CCC/C=C\C1=C(C)CCC(C)(C)C1. The van der Waals surface area contributed by atoms with Crippen LogP contribution in [0.2, 0.25) is 0 Å². The first-order valence-corrected chi connectivity index (χ1v) is 6.90. The molecule has 0 radical (unpaired) electrons. The van der Waals surface area contributed by atoms with E-state index < -0.39 is 0 Å². The summed E-state index contributed by atoms with van der Waals surface area (Å²) in [6.07, 6.45) is 11.1.